The van der Waals surface area contributed by atoms with Gasteiger partial charge in [-0.15, -0.1) is 11.3 Å². The molecule has 26 heavy (non-hydrogen) atoms. The Kier molecular flexibility index (Phi) is 6.29. The van der Waals surface area contributed by atoms with Gasteiger partial charge in [-0.25, -0.2) is 0 Å². The van der Waals surface area contributed by atoms with Gasteiger partial charge in [-0.3, -0.25) is 14.5 Å². The van der Waals surface area contributed by atoms with E-state index in [-0.39, 0.29) is 18.2 Å². The van der Waals surface area contributed by atoms with Crippen molar-refractivity contribution >= 4 is 40.5 Å². The van der Waals surface area contributed by atoms with Crippen LogP contribution in [0, 0.1) is 5.92 Å². The predicted molar refractivity (Wildman–Crippen MR) is 104 cm³/mol. The summed E-state index contributed by atoms with van der Waals surface area (Å²) in [5.74, 6) is -0.997. The molecular formula is C19H21ClN2O3S. The van der Waals surface area contributed by atoms with Crippen LogP contribution in [-0.2, 0) is 22.6 Å². The number of carboxylic acids is 1. The number of halogens is 1. The number of aliphatic carboxylic acids is 1. The van der Waals surface area contributed by atoms with E-state index in [0.717, 1.165) is 35.8 Å². The van der Waals surface area contributed by atoms with Crippen LogP contribution >= 0.6 is 22.9 Å². The van der Waals surface area contributed by atoms with Gasteiger partial charge >= 0.3 is 5.97 Å². The Hall–Kier alpha value is -1.89. The Bertz CT molecular complexity index is 785. The van der Waals surface area contributed by atoms with Gasteiger partial charge < -0.3 is 10.4 Å². The number of benzene rings is 1. The molecule has 138 valence electrons. The minimum atomic E-state index is -0.690. The van der Waals surface area contributed by atoms with E-state index < -0.39 is 5.97 Å². The number of carbonyl (C=O) groups is 2. The number of carbonyl (C=O) groups excluding carboxylic acids is 1. The predicted octanol–water partition coefficient (Wildman–Crippen LogP) is 3.88. The van der Waals surface area contributed by atoms with Crippen molar-refractivity contribution in [3.05, 3.63) is 51.2 Å². The first-order valence-corrected chi connectivity index (χ1v) is 9.83. The van der Waals surface area contributed by atoms with E-state index in [1.165, 1.54) is 0 Å². The van der Waals surface area contributed by atoms with Gasteiger partial charge in [0.1, 0.15) is 0 Å². The monoisotopic (exact) mass is 392 g/mol. The number of hydrogen-bond acceptors (Lipinski definition) is 4. The normalized spacial score (nSPS) is 15.7. The maximum atomic E-state index is 12.2. The molecular weight excluding hydrogens is 372 g/mol. The number of nitrogens with one attached hydrogen (secondary N) is 1. The molecule has 1 saturated heterocycles. The Morgan fingerprint density at radius 3 is 2.69 bits per heavy atom. The lowest BCUT2D eigenvalue weighted by molar-refractivity contribution is -0.143. The van der Waals surface area contributed by atoms with E-state index in [4.69, 9.17) is 16.7 Å². The van der Waals surface area contributed by atoms with Crippen LogP contribution in [0.3, 0.4) is 0 Å². The number of hydrogen-bond donors (Lipinski definition) is 2. The standard InChI is InChI=1S/C19H21ClN2O3S/c20-17-4-2-1-3-14(17)9-18(23)21-15-10-16(26-12-15)11-22-7-5-13(6-8-22)19(24)25/h1-4,10,12-13H,5-9,11H2,(H,21,23)(H,24,25). The third kappa shape index (κ3) is 5.06. The average Bonchev–Trinajstić information content (AvgIpc) is 3.04. The van der Waals surface area contributed by atoms with Crippen molar-refractivity contribution in [3.8, 4) is 0 Å². The quantitative estimate of drug-likeness (QED) is 0.782. The van der Waals surface area contributed by atoms with Crippen molar-refractivity contribution in [1.82, 2.24) is 4.90 Å². The number of nitrogens with zero attached hydrogens (tertiary/aromatic N) is 1. The van der Waals surface area contributed by atoms with Crippen molar-refractivity contribution in [2.45, 2.75) is 25.8 Å². The second-order valence-electron chi connectivity index (χ2n) is 6.51. The molecule has 1 aromatic heterocycles. The van der Waals surface area contributed by atoms with E-state index in [1.807, 2.05) is 29.6 Å². The number of thiophene rings is 1. The minimum absolute atomic E-state index is 0.0928. The van der Waals surface area contributed by atoms with Crippen LogP contribution in [0.15, 0.2) is 35.7 Å². The smallest absolute Gasteiger partial charge is 0.306 e. The lowest BCUT2D eigenvalue weighted by atomic mass is 9.97. The van der Waals surface area contributed by atoms with E-state index >= 15 is 0 Å². The zero-order valence-electron chi connectivity index (χ0n) is 14.3. The molecule has 1 fully saturated rings. The van der Waals surface area contributed by atoms with Crippen LogP contribution in [-0.4, -0.2) is 35.0 Å². The Labute approximate surface area is 161 Å². The molecule has 0 unspecified atom stereocenters. The van der Waals surface area contributed by atoms with Gasteiger partial charge in [-0.1, -0.05) is 29.8 Å². The summed E-state index contributed by atoms with van der Waals surface area (Å²) in [4.78, 5) is 26.6. The first-order chi connectivity index (χ1) is 12.5. The molecule has 1 aromatic carbocycles. The molecule has 0 atom stereocenters. The molecule has 2 heterocycles. The number of rotatable bonds is 6. The molecule has 1 aliphatic heterocycles. The fourth-order valence-corrected chi connectivity index (χ4v) is 4.17. The lowest BCUT2D eigenvalue weighted by Gasteiger charge is -2.29. The number of piperidine rings is 1. The Balaban J connectivity index is 1.50. The van der Waals surface area contributed by atoms with Gasteiger partial charge in [0.05, 0.1) is 18.0 Å². The molecule has 0 spiro atoms. The van der Waals surface area contributed by atoms with Crippen LogP contribution in [0.2, 0.25) is 5.02 Å². The summed E-state index contributed by atoms with van der Waals surface area (Å²) >= 11 is 7.70. The highest BCUT2D eigenvalue weighted by Gasteiger charge is 2.24. The summed E-state index contributed by atoms with van der Waals surface area (Å²) in [6.07, 6.45) is 1.64. The first kappa shape index (κ1) is 18.9. The number of amides is 1. The molecule has 5 nitrogen and oxygen atoms in total. The molecule has 2 aromatic rings. The molecule has 0 saturated carbocycles. The van der Waals surface area contributed by atoms with Gasteiger partial charge in [-0.2, -0.15) is 0 Å². The minimum Gasteiger partial charge on any atom is -0.481 e. The molecule has 1 aliphatic rings. The largest absolute Gasteiger partial charge is 0.481 e. The number of likely N-dealkylation sites (tertiary alicyclic amines) is 1. The molecule has 0 aliphatic carbocycles. The van der Waals surface area contributed by atoms with E-state index in [2.05, 4.69) is 10.2 Å². The van der Waals surface area contributed by atoms with Crippen molar-refractivity contribution in [2.24, 2.45) is 5.92 Å². The highest BCUT2D eigenvalue weighted by atomic mass is 35.5. The summed E-state index contributed by atoms with van der Waals surface area (Å²) < 4.78 is 0. The highest BCUT2D eigenvalue weighted by molar-refractivity contribution is 7.10. The molecule has 7 heteroatoms. The fraction of sp³-hybridized carbons (Fsp3) is 0.368. The highest BCUT2D eigenvalue weighted by Crippen LogP contribution is 2.24. The fourth-order valence-electron chi connectivity index (χ4n) is 3.11. The molecule has 2 N–H and O–H groups in total. The zero-order valence-corrected chi connectivity index (χ0v) is 15.9. The van der Waals surface area contributed by atoms with Crippen LogP contribution < -0.4 is 5.32 Å². The van der Waals surface area contributed by atoms with Crippen LogP contribution in [0.1, 0.15) is 23.3 Å². The molecule has 0 bridgehead atoms. The topological polar surface area (TPSA) is 69.6 Å². The number of anilines is 1. The number of carboxylic acid groups (broad SMARTS) is 1. The van der Waals surface area contributed by atoms with Crippen molar-refractivity contribution in [1.29, 1.82) is 0 Å². The SMILES string of the molecule is O=C(Cc1ccccc1Cl)Nc1csc(CN2CCC(C(=O)O)CC2)c1. The summed E-state index contributed by atoms with van der Waals surface area (Å²) in [5, 5.41) is 14.5. The summed E-state index contributed by atoms with van der Waals surface area (Å²) in [6.45, 7) is 2.38. The average molecular weight is 393 g/mol. The van der Waals surface area contributed by atoms with Gasteiger partial charge in [-0.05, 0) is 43.6 Å². The lowest BCUT2D eigenvalue weighted by Crippen LogP contribution is -2.35. The Morgan fingerprint density at radius 2 is 2.00 bits per heavy atom. The van der Waals surface area contributed by atoms with Gasteiger partial charge in [0, 0.05) is 21.8 Å². The summed E-state index contributed by atoms with van der Waals surface area (Å²) in [6, 6.07) is 9.32. The van der Waals surface area contributed by atoms with Gasteiger partial charge in [0.25, 0.3) is 0 Å². The second kappa shape index (κ2) is 8.66. The third-order valence-electron chi connectivity index (χ3n) is 4.56. The van der Waals surface area contributed by atoms with Crippen LogP contribution in [0.5, 0.6) is 0 Å². The van der Waals surface area contributed by atoms with Crippen molar-refractivity contribution in [3.63, 3.8) is 0 Å². The van der Waals surface area contributed by atoms with E-state index in [1.54, 1.807) is 17.4 Å². The maximum Gasteiger partial charge on any atom is 0.306 e. The third-order valence-corrected chi connectivity index (χ3v) is 5.85. The van der Waals surface area contributed by atoms with Crippen molar-refractivity contribution in [2.75, 3.05) is 18.4 Å². The van der Waals surface area contributed by atoms with Crippen LogP contribution in [0.25, 0.3) is 0 Å². The zero-order chi connectivity index (χ0) is 18.5. The van der Waals surface area contributed by atoms with E-state index in [0.29, 0.717) is 17.9 Å². The molecule has 0 radical (unpaired) electrons. The van der Waals surface area contributed by atoms with Gasteiger partial charge in [0.2, 0.25) is 5.91 Å². The first-order valence-electron chi connectivity index (χ1n) is 8.57. The summed E-state index contributed by atoms with van der Waals surface area (Å²) in [7, 11) is 0. The van der Waals surface area contributed by atoms with Crippen LogP contribution in [0.4, 0.5) is 5.69 Å². The van der Waals surface area contributed by atoms with E-state index in [9.17, 15) is 9.59 Å². The Morgan fingerprint density at radius 1 is 1.27 bits per heavy atom. The van der Waals surface area contributed by atoms with Gasteiger partial charge in [0.15, 0.2) is 0 Å². The second-order valence-corrected chi connectivity index (χ2v) is 7.91. The summed E-state index contributed by atoms with van der Waals surface area (Å²) in [5.41, 5.74) is 1.60. The van der Waals surface area contributed by atoms with Crippen molar-refractivity contribution < 1.29 is 14.7 Å². The maximum absolute atomic E-state index is 12.2. The molecule has 3 rings (SSSR count). The molecule has 1 amide bonds.